The van der Waals surface area contributed by atoms with Crippen LogP contribution in [0.1, 0.15) is 24.1 Å². The molecule has 2 rings (SSSR count). The standard InChI is InChI=1S/C10H13ClN2/c1-7-10-6-9(11)3-2-8(10)4-5-12-13-7/h2-3,6-7,12-13H,4-5H2,1H3/t7-/m1/s1. The third kappa shape index (κ3) is 1.85. The Balaban J connectivity index is 2.43. The third-order valence-corrected chi connectivity index (χ3v) is 2.65. The van der Waals surface area contributed by atoms with Crippen LogP contribution in [0.25, 0.3) is 0 Å². The number of halogens is 1. The van der Waals surface area contributed by atoms with Gasteiger partial charge in [-0.3, -0.25) is 10.9 Å². The molecule has 0 saturated carbocycles. The highest BCUT2D eigenvalue weighted by Crippen LogP contribution is 2.23. The van der Waals surface area contributed by atoms with Crippen LogP contribution in [-0.4, -0.2) is 6.54 Å². The number of fused-ring (bicyclic) bond motifs is 1. The highest BCUT2D eigenvalue weighted by atomic mass is 35.5. The first kappa shape index (κ1) is 9.00. The number of benzene rings is 1. The van der Waals surface area contributed by atoms with Crippen LogP contribution in [-0.2, 0) is 6.42 Å². The van der Waals surface area contributed by atoms with Crippen molar-refractivity contribution in [2.24, 2.45) is 0 Å². The monoisotopic (exact) mass is 196 g/mol. The number of hydrogen-bond donors (Lipinski definition) is 2. The first-order valence-electron chi connectivity index (χ1n) is 4.54. The van der Waals surface area contributed by atoms with E-state index in [0.29, 0.717) is 6.04 Å². The fraction of sp³-hybridized carbons (Fsp3) is 0.400. The quantitative estimate of drug-likeness (QED) is 0.664. The molecule has 1 aromatic carbocycles. The summed E-state index contributed by atoms with van der Waals surface area (Å²) in [5.41, 5.74) is 9.08. The lowest BCUT2D eigenvalue weighted by Crippen LogP contribution is -2.32. The molecule has 2 N–H and O–H groups in total. The molecule has 0 bridgehead atoms. The highest BCUT2D eigenvalue weighted by Gasteiger charge is 2.13. The molecule has 0 radical (unpaired) electrons. The van der Waals surface area contributed by atoms with Crippen LogP contribution in [0.15, 0.2) is 18.2 Å². The topological polar surface area (TPSA) is 24.1 Å². The van der Waals surface area contributed by atoms with E-state index in [-0.39, 0.29) is 0 Å². The van der Waals surface area contributed by atoms with E-state index in [9.17, 15) is 0 Å². The van der Waals surface area contributed by atoms with Crippen LogP contribution in [0.3, 0.4) is 0 Å². The Morgan fingerprint density at radius 3 is 3.15 bits per heavy atom. The Labute approximate surface area is 83.3 Å². The van der Waals surface area contributed by atoms with Crippen molar-refractivity contribution in [1.82, 2.24) is 10.9 Å². The van der Waals surface area contributed by atoms with Crippen molar-refractivity contribution in [1.29, 1.82) is 0 Å². The van der Waals surface area contributed by atoms with Gasteiger partial charge in [0, 0.05) is 17.6 Å². The Bertz CT molecular complexity index is 312. The molecule has 1 aliphatic heterocycles. The maximum atomic E-state index is 5.95. The molecule has 0 aliphatic carbocycles. The molecule has 70 valence electrons. The molecule has 0 saturated heterocycles. The summed E-state index contributed by atoms with van der Waals surface area (Å²) in [5.74, 6) is 0. The molecule has 0 fully saturated rings. The van der Waals surface area contributed by atoms with Gasteiger partial charge < -0.3 is 0 Å². The Morgan fingerprint density at radius 1 is 1.46 bits per heavy atom. The van der Waals surface area contributed by atoms with E-state index < -0.39 is 0 Å². The average molecular weight is 197 g/mol. The zero-order chi connectivity index (χ0) is 9.26. The number of hydrazine groups is 1. The third-order valence-electron chi connectivity index (χ3n) is 2.41. The Morgan fingerprint density at radius 2 is 2.31 bits per heavy atom. The summed E-state index contributed by atoms with van der Waals surface area (Å²) in [5, 5.41) is 0.814. The predicted molar refractivity (Wildman–Crippen MR) is 54.7 cm³/mol. The largest absolute Gasteiger partial charge is 0.257 e. The molecule has 0 aromatic heterocycles. The lowest BCUT2D eigenvalue weighted by Gasteiger charge is -2.13. The van der Waals surface area contributed by atoms with E-state index in [0.717, 1.165) is 18.0 Å². The second-order valence-corrected chi connectivity index (χ2v) is 3.82. The zero-order valence-electron chi connectivity index (χ0n) is 7.60. The van der Waals surface area contributed by atoms with Crippen molar-refractivity contribution in [3.8, 4) is 0 Å². The first-order valence-corrected chi connectivity index (χ1v) is 4.92. The average Bonchev–Trinajstić information content (AvgIpc) is 2.29. The summed E-state index contributed by atoms with van der Waals surface area (Å²) >= 11 is 5.95. The maximum Gasteiger partial charge on any atom is 0.0437 e. The lowest BCUT2D eigenvalue weighted by atomic mass is 10.0. The van der Waals surface area contributed by atoms with Gasteiger partial charge in [-0.2, -0.15) is 0 Å². The summed E-state index contributed by atoms with van der Waals surface area (Å²) in [6.45, 7) is 3.10. The van der Waals surface area contributed by atoms with Crippen LogP contribution in [0.2, 0.25) is 5.02 Å². The van der Waals surface area contributed by atoms with Gasteiger partial charge in [0.15, 0.2) is 0 Å². The molecule has 2 nitrogen and oxygen atoms in total. The second kappa shape index (κ2) is 3.66. The number of rotatable bonds is 0. The van der Waals surface area contributed by atoms with Gasteiger partial charge in [0.1, 0.15) is 0 Å². The van der Waals surface area contributed by atoms with E-state index in [1.807, 2.05) is 12.1 Å². The summed E-state index contributed by atoms with van der Waals surface area (Å²) < 4.78 is 0. The highest BCUT2D eigenvalue weighted by molar-refractivity contribution is 6.30. The number of nitrogens with one attached hydrogen (secondary N) is 2. The smallest absolute Gasteiger partial charge is 0.0437 e. The zero-order valence-corrected chi connectivity index (χ0v) is 8.36. The van der Waals surface area contributed by atoms with Crippen LogP contribution < -0.4 is 10.9 Å². The Hall–Kier alpha value is -0.570. The molecule has 1 atom stereocenters. The number of hydrogen-bond acceptors (Lipinski definition) is 2. The van der Waals surface area contributed by atoms with Crippen molar-refractivity contribution in [2.75, 3.05) is 6.54 Å². The normalized spacial score (nSPS) is 22.2. The van der Waals surface area contributed by atoms with Crippen molar-refractivity contribution in [2.45, 2.75) is 19.4 Å². The molecule has 1 aromatic rings. The molecule has 0 unspecified atom stereocenters. The van der Waals surface area contributed by atoms with E-state index in [2.05, 4.69) is 23.8 Å². The molecule has 1 heterocycles. The van der Waals surface area contributed by atoms with Crippen LogP contribution in [0.4, 0.5) is 0 Å². The summed E-state index contributed by atoms with van der Waals surface area (Å²) in [6, 6.07) is 6.44. The van der Waals surface area contributed by atoms with Crippen molar-refractivity contribution < 1.29 is 0 Å². The SMILES string of the molecule is C[C@H]1NNCCc2ccc(Cl)cc21. The van der Waals surface area contributed by atoms with E-state index in [4.69, 9.17) is 11.6 Å². The lowest BCUT2D eigenvalue weighted by molar-refractivity contribution is 0.483. The van der Waals surface area contributed by atoms with Crippen LogP contribution in [0.5, 0.6) is 0 Å². The van der Waals surface area contributed by atoms with E-state index in [1.54, 1.807) is 0 Å². The van der Waals surface area contributed by atoms with E-state index >= 15 is 0 Å². The minimum atomic E-state index is 0.330. The van der Waals surface area contributed by atoms with Gasteiger partial charge in [-0.25, -0.2) is 0 Å². The molecule has 3 heteroatoms. The summed E-state index contributed by atoms with van der Waals surface area (Å²) in [6.07, 6.45) is 1.06. The molecular weight excluding hydrogens is 184 g/mol. The fourth-order valence-corrected chi connectivity index (χ4v) is 1.88. The van der Waals surface area contributed by atoms with Crippen LogP contribution in [0, 0.1) is 0 Å². The molecule has 0 spiro atoms. The first-order chi connectivity index (χ1) is 6.27. The van der Waals surface area contributed by atoms with Gasteiger partial charge in [-0.15, -0.1) is 0 Å². The van der Waals surface area contributed by atoms with Gasteiger partial charge in [0.05, 0.1) is 0 Å². The van der Waals surface area contributed by atoms with Gasteiger partial charge in [0.2, 0.25) is 0 Å². The van der Waals surface area contributed by atoms with E-state index in [1.165, 1.54) is 11.1 Å². The fourth-order valence-electron chi connectivity index (χ4n) is 1.70. The van der Waals surface area contributed by atoms with Gasteiger partial charge in [-0.1, -0.05) is 17.7 Å². The van der Waals surface area contributed by atoms with Crippen molar-refractivity contribution >= 4 is 11.6 Å². The predicted octanol–water partition coefficient (Wildman–Crippen LogP) is 2.05. The minimum Gasteiger partial charge on any atom is -0.257 e. The summed E-state index contributed by atoms with van der Waals surface area (Å²) in [7, 11) is 0. The van der Waals surface area contributed by atoms with Gasteiger partial charge in [-0.05, 0) is 36.6 Å². The van der Waals surface area contributed by atoms with Gasteiger partial charge in [0.25, 0.3) is 0 Å². The molecular formula is C10H13ClN2. The Kier molecular flexibility index (Phi) is 2.54. The van der Waals surface area contributed by atoms with Gasteiger partial charge >= 0.3 is 0 Å². The minimum absolute atomic E-state index is 0.330. The molecule has 13 heavy (non-hydrogen) atoms. The molecule has 0 amide bonds. The maximum absolute atomic E-state index is 5.95. The second-order valence-electron chi connectivity index (χ2n) is 3.39. The molecule has 1 aliphatic rings. The van der Waals surface area contributed by atoms with Crippen molar-refractivity contribution in [3.63, 3.8) is 0 Å². The van der Waals surface area contributed by atoms with Crippen LogP contribution >= 0.6 is 11.6 Å². The summed E-state index contributed by atoms with van der Waals surface area (Å²) in [4.78, 5) is 0. The van der Waals surface area contributed by atoms with Crippen molar-refractivity contribution in [3.05, 3.63) is 34.3 Å².